The monoisotopic (exact) mass is 417 g/mol. The summed E-state index contributed by atoms with van der Waals surface area (Å²) in [6, 6.07) is 15.7. The average molecular weight is 418 g/mol. The number of carbonyl (C=O) groups excluding carboxylic acids is 1. The second kappa shape index (κ2) is 8.83. The van der Waals surface area contributed by atoms with Gasteiger partial charge < -0.3 is 14.3 Å². The predicted octanol–water partition coefficient (Wildman–Crippen LogP) is 5.08. The molecule has 31 heavy (non-hydrogen) atoms. The molecular formula is C26H31N3O2. The molecule has 0 N–H and O–H groups in total. The van der Waals surface area contributed by atoms with Crippen LogP contribution in [0.4, 0.5) is 0 Å². The van der Waals surface area contributed by atoms with Crippen LogP contribution in [0.2, 0.25) is 0 Å². The second-order valence-electron chi connectivity index (χ2n) is 9.35. The molecule has 1 aromatic heterocycles. The van der Waals surface area contributed by atoms with Crippen LogP contribution in [0.3, 0.4) is 0 Å². The summed E-state index contributed by atoms with van der Waals surface area (Å²) in [5.74, 6) is 2.28. The molecule has 0 radical (unpaired) electrons. The van der Waals surface area contributed by atoms with E-state index in [2.05, 4.69) is 21.9 Å². The fourth-order valence-electron chi connectivity index (χ4n) is 5.06. The SMILES string of the molecule is CC1CCN(CC2CCCN(C(=O)c3ccc4noc(-c5ccccc5)c4c3)C2)CC1. The number of amides is 1. The molecule has 5 rings (SSSR count). The Labute approximate surface area is 184 Å². The molecule has 1 unspecified atom stereocenters. The van der Waals surface area contributed by atoms with Gasteiger partial charge in [0.05, 0.1) is 5.39 Å². The molecule has 1 atom stereocenters. The number of likely N-dealkylation sites (tertiary alicyclic amines) is 2. The summed E-state index contributed by atoms with van der Waals surface area (Å²) in [6.45, 7) is 7.60. The number of carbonyl (C=O) groups is 1. The van der Waals surface area contributed by atoms with E-state index in [0.717, 1.165) is 59.8 Å². The third-order valence-electron chi connectivity index (χ3n) is 6.96. The van der Waals surface area contributed by atoms with E-state index in [1.165, 1.54) is 32.4 Å². The minimum atomic E-state index is 0.124. The average Bonchev–Trinajstić information content (AvgIpc) is 3.24. The van der Waals surface area contributed by atoms with E-state index in [1.807, 2.05) is 48.5 Å². The van der Waals surface area contributed by atoms with Crippen LogP contribution < -0.4 is 0 Å². The molecule has 2 aliphatic rings. The van der Waals surface area contributed by atoms with Crippen molar-refractivity contribution in [1.29, 1.82) is 0 Å². The lowest BCUT2D eigenvalue weighted by atomic mass is 9.94. The van der Waals surface area contributed by atoms with Crippen molar-refractivity contribution in [3.63, 3.8) is 0 Å². The number of piperidine rings is 2. The minimum absolute atomic E-state index is 0.124. The minimum Gasteiger partial charge on any atom is -0.355 e. The summed E-state index contributed by atoms with van der Waals surface area (Å²) in [4.78, 5) is 18.0. The summed E-state index contributed by atoms with van der Waals surface area (Å²) < 4.78 is 5.61. The molecule has 0 aliphatic carbocycles. The van der Waals surface area contributed by atoms with Gasteiger partial charge in [0, 0.05) is 30.8 Å². The summed E-state index contributed by atoms with van der Waals surface area (Å²) in [5.41, 5.74) is 2.48. The van der Waals surface area contributed by atoms with Crippen molar-refractivity contribution in [1.82, 2.24) is 15.0 Å². The van der Waals surface area contributed by atoms with E-state index in [0.29, 0.717) is 5.92 Å². The van der Waals surface area contributed by atoms with Crippen LogP contribution in [0.1, 0.15) is 43.0 Å². The molecule has 1 amide bonds. The van der Waals surface area contributed by atoms with Crippen LogP contribution >= 0.6 is 0 Å². The topological polar surface area (TPSA) is 49.6 Å². The van der Waals surface area contributed by atoms with Crippen molar-refractivity contribution in [2.24, 2.45) is 11.8 Å². The molecule has 3 heterocycles. The van der Waals surface area contributed by atoms with Gasteiger partial charge in [0.2, 0.25) is 0 Å². The molecule has 0 bridgehead atoms. The van der Waals surface area contributed by atoms with E-state index < -0.39 is 0 Å². The first-order chi connectivity index (χ1) is 15.2. The Morgan fingerprint density at radius 1 is 1.06 bits per heavy atom. The van der Waals surface area contributed by atoms with Crippen molar-refractivity contribution >= 4 is 16.8 Å². The number of aromatic nitrogens is 1. The number of fused-ring (bicyclic) bond motifs is 1. The van der Waals surface area contributed by atoms with Crippen LogP contribution in [0.15, 0.2) is 53.1 Å². The number of benzene rings is 2. The van der Waals surface area contributed by atoms with Gasteiger partial charge in [0.25, 0.3) is 5.91 Å². The maximum absolute atomic E-state index is 13.4. The maximum atomic E-state index is 13.4. The molecule has 3 aromatic rings. The Kier molecular flexibility index (Phi) is 5.77. The van der Waals surface area contributed by atoms with Crippen molar-refractivity contribution in [2.75, 3.05) is 32.7 Å². The first-order valence-electron chi connectivity index (χ1n) is 11.6. The highest BCUT2D eigenvalue weighted by Crippen LogP contribution is 2.30. The van der Waals surface area contributed by atoms with Gasteiger partial charge in [-0.25, -0.2) is 0 Å². The summed E-state index contributed by atoms with van der Waals surface area (Å²) in [6.07, 6.45) is 4.92. The third-order valence-corrected chi connectivity index (χ3v) is 6.96. The van der Waals surface area contributed by atoms with Gasteiger partial charge in [0.15, 0.2) is 5.76 Å². The van der Waals surface area contributed by atoms with Crippen LogP contribution in [0.25, 0.3) is 22.2 Å². The Balaban J connectivity index is 1.31. The first kappa shape index (κ1) is 20.3. The highest BCUT2D eigenvalue weighted by Gasteiger charge is 2.27. The van der Waals surface area contributed by atoms with Crippen LogP contribution in [0.5, 0.6) is 0 Å². The number of nitrogens with zero attached hydrogens (tertiary/aromatic N) is 3. The largest absolute Gasteiger partial charge is 0.355 e. The molecule has 162 valence electrons. The fraction of sp³-hybridized carbons (Fsp3) is 0.462. The van der Waals surface area contributed by atoms with Crippen molar-refractivity contribution in [3.05, 3.63) is 54.1 Å². The number of hydrogen-bond donors (Lipinski definition) is 0. The predicted molar refractivity (Wildman–Crippen MR) is 123 cm³/mol. The van der Waals surface area contributed by atoms with Crippen LogP contribution in [-0.2, 0) is 0 Å². The van der Waals surface area contributed by atoms with E-state index in [4.69, 9.17) is 4.52 Å². The van der Waals surface area contributed by atoms with E-state index in [9.17, 15) is 4.79 Å². The van der Waals surface area contributed by atoms with Gasteiger partial charge in [-0.15, -0.1) is 0 Å². The summed E-state index contributed by atoms with van der Waals surface area (Å²) in [5, 5.41) is 5.08. The summed E-state index contributed by atoms with van der Waals surface area (Å²) >= 11 is 0. The third kappa shape index (κ3) is 4.38. The lowest BCUT2D eigenvalue weighted by Crippen LogP contribution is -2.45. The fourth-order valence-corrected chi connectivity index (χ4v) is 5.06. The van der Waals surface area contributed by atoms with Gasteiger partial charge in [-0.05, 0) is 68.8 Å². The molecule has 0 spiro atoms. The van der Waals surface area contributed by atoms with Crippen molar-refractivity contribution in [2.45, 2.75) is 32.6 Å². The van der Waals surface area contributed by atoms with E-state index in [1.54, 1.807) is 0 Å². The molecule has 2 aromatic carbocycles. The van der Waals surface area contributed by atoms with Gasteiger partial charge in [-0.1, -0.05) is 42.4 Å². The normalized spacial score (nSPS) is 20.9. The summed E-state index contributed by atoms with van der Waals surface area (Å²) in [7, 11) is 0. The zero-order valence-electron chi connectivity index (χ0n) is 18.3. The van der Waals surface area contributed by atoms with Crippen molar-refractivity contribution in [3.8, 4) is 11.3 Å². The quantitative estimate of drug-likeness (QED) is 0.594. The Morgan fingerprint density at radius 2 is 1.87 bits per heavy atom. The standard InChI is InChI=1S/C26H31N3O2/c1-19-11-14-28(15-12-19)17-20-6-5-13-29(18-20)26(30)22-9-10-24-23(16-22)25(31-27-24)21-7-3-2-4-8-21/h2-4,7-10,16,19-20H,5-6,11-15,17-18H2,1H3. The smallest absolute Gasteiger partial charge is 0.253 e. The van der Waals surface area contributed by atoms with Crippen LogP contribution in [0, 0.1) is 11.8 Å². The Hall–Kier alpha value is -2.66. The molecule has 2 fully saturated rings. The van der Waals surface area contributed by atoms with Gasteiger partial charge in [-0.2, -0.15) is 0 Å². The number of rotatable bonds is 4. The molecule has 5 nitrogen and oxygen atoms in total. The molecule has 5 heteroatoms. The van der Waals surface area contributed by atoms with Crippen LogP contribution in [-0.4, -0.2) is 53.6 Å². The molecule has 0 saturated carbocycles. The van der Waals surface area contributed by atoms with Gasteiger partial charge >= 0.3 is 0 Å². The first-order valence-corrected chi connectivity index (χ1v) is 11.6. The van der Waals surface area contributed by atoms with Crippen molar-refractivity contribution < 1.29 is 9.32 Å². The highest BCUT2D eigenvalue weighted by molar-refractivity contribution is 6.01. The van der Waals surface area contributed by atoms with E-state index >= 15 is 0 Å². The molecule has 2 saturated heterocycles. The highest BCUT2D eigenvalue weighted by atomic mass is 16.5. The lowest BCUT2D eigenvalue weighted by molar-refractivity contribution is 0.0622. The Morgan fingerprint density at radius 3 is 2.68 bits per heavy atom. The van der Waals surface area contributed by atoms with E-state index in [-0.39, 0.29) is 5.91 Å². The molecular weight excluding hydrogens is 386 g/mol. The zero-order valence-corrected chi connectivity index (χ0v) is 18.3. The zero-order chi connectivity index (χ0) is 21.2. The number of hydrogen-bond acceptors (Lipinski definition) is 4. The maximum Gasteiger partial charge on any atom is 0.253 e. The second-order valence-corrected chi connectivity index (χ2v) is 9.35. The van der Waals surface area contributed by atoms with Gasteiger partial charge in [0.1, 0.15) is 5.52 Å². The molecule has 2 aliphatic heterocycles. The van der Waals surface area contributed by atoms with Gasteiger partial charge in [-0.3, -0.25) is 4.79 Å². The lowest BCUT2D eigenvalue weighted by Gasteiger charge is -2.38. The Bertz CT molecular complexity index is 1040.